The Morgan fingerprint density at radius 1 is 1.44 bits per heavy atom. The Balaban J connectivity index is 1.88. The second-order valence-corrected chi connectivity index (χ2v) is 7.25. The van der Waals surface area contributed by atoms with E-state index in [-0.39, 0.29) is 11.9 Å². The summed E-state index contributed by atoms with van der Waals surface area (Å²) in [5.74, 6) is -0.261. The molecular weight excluding hydrogens is 378 g/mol. The first-order valence-corrected chi connectivity index (χ1v) is 9.10. The van der Waals surface area contributed by atoms with Gasteiger partial charge in [-0.1, -0.05) is 24.2 Å². The van der Waals surface area contributed by atoms with Gasteiger partial charge in [0.1, 0.15) is 11.7 Å². The molecule has 2 heterocycles. The molecule has 1 saturated heterocycles. The summed E-state index contributed by atoms with van der Waals surface area (Å²) >= 11 is 12.7. The van der Waals surface area contributed by atoms with E-state index < -0.39 is 5.92 Å². The minimum absolute atomic E-state index is 0.216. The topological polar surface area (TPSA) is 62.4 Å². The molecule has 3 N–H and O–H groups in total. The number of hydrogen-bond donors (Lipinski definition) is 3. The zero-order chi connectivity index (χ0) is 18.0. The average molecular weight is 394 g/mol. The van der Waals surface area contributed by atoms with E-state index >= 15 is 0 Å². The van der Waals surface area contributed by atoms with Crippen molar-refractivity contribution >= 4 is 51.9 Å². The normalized spacial score (nSPS) is 19.8. The van der Waals surface area contributed by atoms with Gasteiger partial charge >= 0.3 is 0 Å². The first-order valence-electron chi connectivity index (χ1n) is 7.43. The van der Waals surface area contributed by atoms with Gasteiger partial charge < -0.3 is 20.7 Å². The van der Waals surface area contributed by atoms with Crippen LogP contribution in [0.3, 0.4) is 0 Å². The number of amides is 1. The zero-order valence-electron chi connectivity index (χ0n) is 13.3. The molecule has 5 nitrogen and oxygen atoms in total. The van der Waals surface area contributed by atoms with Crippen molar-refractivity contribution in [1.29, 1.82) is 0 Å². The average Bonchev–Trinajstić information content (AvgIpc) is 3.10. The number of methoxy groups -OCH3 is 1. The molecular formula is C17H16ClN3O2S2. The quantitative estimate of drug-likeness (QED) is 0.691. The minimum Gasteiger partial charge on any atom is -0.495 e. The van der Waals surface area contributed by atoms with Crippen LogP contribution < -0.4 is 20.7 Å². The maximum atomic E-state index is 13.0. The predicted octanol–water partition coefficient (Wildman–Crippen LogP) is 3.70. The molecule has 1 aliphatic rings. The first kappa shape index (κ1) is 17.7. The lowest BCUT2D eigenvalue weighted by molar-refractivity contribution is -0.119. The van der Waals surface area contributed by atoms with Gasteiger partial charge in [-0.15, -0.1) is 11.3 Å². The van der Waals surface area contributed by atoms with Gasteiger partial charge in [0, 0.05) is 21.7 Å². The van der Waals surface area contributed by atoms with Gasteiger partial charge in [-0.3, -0.25) is 4.79 Å². The highest BCUT2D eigenvalue weighted by molar-refractivity contribution is 7.80. The van der Waals surface area contributed by atoms with Crippen molar-refractivity contribution in [3.05, 3.63) is 57.9 Å². The number of halogens is 1. The van der Waals surface area contributed by atoms with Crippen LogP contribution in [0.15, 0.2) is 48.0 Å². The number of anilines is 1. The SMILES string of the molecule is C=C1NC(=S)N[C@@H](c2cccs2)[C@@H]1C(=O)Nc1ccc(Cl)cc1OC. The lowest BCUT2D eigenvalue weighted by Gasteiger charge is -2.34. The molecule has 130 valence electrons. The number of carbonyl (C=O) groups excluding carboxylic acids is 1. The Bertz CT molecular complexity index is 823. The molecule has 0 bridgehead atoms. The van der Waals surface area contributed by atoms with E-state index in [1.807, 2.05) is 17.5 Å². The molecule has 1 fully saturated rings. The van der Waals surface area contributed by atoms with E-state index in [1.165, 1.54) is 7.11 Å². The predicted molar refractivity (Wildman–Crippen MR) is 105 cm³/mol. The smallest absolute Gasteiger partial charge is 0.236 e. The summed E-state index contributed by atoms with van der Waals surface area (Å²) in [6.07, 6.45) is 0. The Kier molecular flexibility index (Phi) is 5.27. The molecule has 3 rings (SSSR count). The van der Waals surface area contributed by atoms with E-state index in [0.717, 1.165) is 4.88 Å². The van der Waals surface area contributed by atoms with Crippen LogP contribution in [0.4, 0.5) is 5.69 Å². The summed E-state index contributed by atoms with van der Waals surface area (Å²) < 4.78 is 5.29. The van der Waals surface area contributed by atoms with Crippen molar-refractivity contribution in [3.63, 3.8) is 0 Å². The lowest BCUT2D eigenvalue weighted by atomic mass is 9.92. The van der Waals surface area contributed by atoms with E-state index in [4.69, 9.17) is 28.6 Å². The number of ether oxygens (including phenoxy) is 1. The molecule has 2 aromatic rings. The molecule has 8 heteroatoms. The molecule has 1 aliphatic heterocycles. The lowest BCUT2D eigenvalue weighted by Crippen LogP contribution is -2.51. The summed E-state index contributed by atoms with van der Waals surface area (Å²) in [7, 11) is 1.52. The second kappa shape index (κ2) is 7.43. The monoisotopic (exact) mass is 393 g/mol. The van der Waals surface area contributed by atoms with Crippen molar-refractivity contribution in [3.8, 4) is 5.75 Å². The van der Waals surface area contributed by atoms with Crippen LogP contribution in [0.5, 0.6) is 5.75 Å². The Morgan fingerprint density at radius 3 is 2.92 bits per heavy atom. The zero-order valence-corrected chi connectivity index (χ0v) is 15.7. The molecule has 0 spiro atoms. The molecule has 1 aromatic carbocycles. The van der Waals surface area contributed by atoms with Crippen LogP contribution >= 0.6 is 35.2 Å². The minimum atomic E-state index is -0.536. The van der Waals surface area contributed by atoms with Crippen LogP contribution in [0, 0.1) is 5.92 Å². The standard InChI is InChI=1S/C17H16ClN3O2S2/c1-9-14(15(21-17(24)19-9)13-4-3-7-25-13)16(22)20-11-6-5-10(18)8-12(11)23-2/h3-8,14-15H,1H2,2H3,(H,20,22)(H2,19,21,24)/t14-,15+/m1/s1. The summed E-state index contributed by atoms with van der Waals surface area (Å²) in [5.41, 5.74) is 1.09. The fourth-order valence-electron chi connectivity index (χ4n) is 2.68. The molecule has 0 unspecified atom stereocenters. The van der Waals surface area contributed by atoms with E-state index in [0.29, 0.717) is 27.3 Å². The molecule has 1 amide bonds. The van der Waals surface area contributed by atoms with Gasteiger partial charge in [0.2, 0.25) is 5.91 Å². The Morgan fingerprint density at radius 2 is 2.24 bits per heavy atom. The fourth-order valence-corrected chi connectivity index (χ4v) is 3.91. The Hall–Kier alpha value is -2.09. The van der Waals surface area contributed by atoms with Crippen molar-refractivity contribution in [2.45, 2.75) is 6.04 Å². The summed E-state index contributed by atoms with van der Waals surface area (Å²) in [6, 6.07) is 8.67. The number of rotatable bonds is 4. The highest BCUT2D eigenvalue weighted by Gasteiger charge is 2.37. The van der Waals surface area contributed by atoms with Crippen molar-refractivity contribution in [2.75, 3.05) is 12.4 Å². The summed E-state index contributed by atoms with van der Waals surface area (Å²) in [4.78, 5) is 14.0. The van der Waals surface area contributed by atoms with Crippen LogP contribution in [0.25, 0.3) is 0 Å². The van der Waals surface area contributed by atoms with E-state index in [9.17, 15) is 4.79 Å². The van der Waals surface area contributed by atoms with E-state index in [2.05, 4.69) is 22.5 Å². The van der Waals surface area contributed by atoms with Crippen molar-refractivity contribution in [2.24, 2.45) is 5.92 Å². The summed E-state index contributed by atoms with van der Waals surface area (Å²) in [5, 5.41) is 11.9. The molecule has 0 saturated carbocycles. The number of thiocarbonyl (C=S) groups is 1. The van der Waals surface area contributed by atoms with Crippen molar-refractivity contribution in [1.82, 2.24) is 10.6 Å². The summed E-state index contributed by atoms with van der Waals surface area (Å²) in [6.45, 7) is 3.98. The molecule has 25 heavy (non-hydrogen) atoms. The number of hydrogen-bond acceptors (Lipinski definition) is 4. The number of nitrogens with one attached hydrogen (secondary N) is 3. The molecule has 1 aromatic heterocycles. The third kappa shape index (κ3) is 3.78. The fraction of sp³-hybridized carbons (Fsp3) is 0.176. The van der Waals surface area contributed by atoms with Crippen LogP contribution in [-0.4, -0.2) is 18.1 Å². The number of thiophene rings is 1. The third-order valence-electron chi connectivity index (χ3n) is 3.82. The van der Waals surface area contributed by atoms with Gasteiger partial charge in [-0.05, 0) is 35.8 Å². The highest BCUT2D eigenvalue weighted by Crippen LogP contribution is 2.34. The van der Waals surface area contributed by atoms with Crippen LogP contribution in [0.2, 0.25) is 5.02 Å². The van der Waals surface area contributed by atoms with Gasteiger partial charge in [-0.25, -0.2) is 0 Å². The van der Waals surface area contributed by atoms with Crippen LogP contribution in [-0.2, 0) is 4.79 Å². The molecule has 0 radical (unpaired) electrons. The highest BCUT2D eigenvalue weighted by atomic mass is 35.5. The first-order chi connectivity index (χ1) is 12.0. The van der Waals surface area contributed by atoms with Gasteiger partial charge in [0.05, 0.1) is 18.8 Å². The number of carbonyl (C=O) groups is 1. The Labute approximate surface area is 160 Å². The van der Waals surface area contributed by atoms with E-state index in [1.54, 1.807) is 29.5 Å². The maximum absolute atomic E-state index is 13.0. The maximum Gasteiger partial charge on any atom is 0.236 e. The molecule has 2 atom stereocenters. The largest absolute Gasteiger partial charge is 0.495 e. The van der Waals surface area contributed by atoms with Gasteiger partial charge in [0.25, 0.3) is 0 Å². The van der Waals surface area contributed by atoms with Gasteiger partial charge in [-0.2, -0.15) is 0 Å². The van der Waals surface area contributed by atoms with Crippen molar-refractivity contribution < 1.29 is 9.53 Å². The second-order valence-electron chi connectivity index (χ2n) is 5.43. The van der Waals surface area contributed by atoms with Gasteiger partial charge in [0.15, 0.2) is 5.11 Å². The molecule has 0 aliphatic carbocycles. The third-order valence-corrected chi connectivity index (χ3v) is 5.23. The van der Waals surface area contributed by atoms with Crippen LogP contribution in [0.1, 0.15) is 10.9 Å². The number of benzene rings is 1.